The molecule has 10 nitrogen and oxygen atoms in total. The lowest BCUT2D eigenvalue weighted by Crippen LogP contribution is -2.40. The minimum Gasteiger partial charge on any atom is -0.489 e. The summed E-state index contributed by atoms with van der Waals surface area (Å²) in [5, 5.41) is 12.1. The number of carbonyl (C=O) groups is 3. The molecular formula is C25H26N6O4. The molecule has 5 rings (SSSR count). The number of pyridine rings is 2. The lowest BCUT2D eigenvalue weighted by atomic mass is 9.96. The number of likely N-dealkylation sites (tertiary alicyclic amines) is 1. The van der Waals surface area contributed by atoms with E-state index in [1.165, 1.54) is 11.1 Å². The van der Waals surface area contributed by atoms with E-state index in [4.69, 9.17) is 4.74 Å². The maximum absolute atomic E-state index is 13.2. The molecule has 0 aromatic carbocycles. The normalized spacial score (nSPS) is 17.4. The van der Waals surface area contributed by atoms with Crippen molar-refractivity contribution in [2.75, 3.05) is 23.3 Å². The van der Waals surface area contributed by atoms with Crippen molar-refractivity contribution in [1.29, 1.82) is 5.26 Å². The maximum Gasteiger partial charge on any atom is 0.328 e. The molecule has 0 atom stereocenters. The summed E-state index contributed by atoms with van der Waals surface area (Å²) >= 11 is 0. The van der Waals surface area contributed by atoms with E-state index in [9.17, 15) is 19.6 Å². The van der Waals surface area contributed by atoms with Crippen LogP contribution in [0.1, 0.15) is 65.7 Å². The van der Waals surface area contributed by atoms with Crippen LogP contribution in [-0.2, 0) is 17.8 Å². The van der Waals surface area contributed by atoms with Crippen LogP contribution in [0.4, 0.5) is 16.4 Å². The summed E-state index contributed by atoms with van der Waals surface area (Å²) in [5.41, 5.74) is 2.11. The predicted molar refractivity (Wildman–Crippen MR) is 126 cm³/mol. The molecule has 1 aliphatic carbocycles. The summed E-state index contributed by atoms with van der Waals surface area (Å²) in [5.74, 6) is 1.20. The average molecular weight is 475 g/mol. The Labute approximate surface area is 202 Å². The number of aldehydes is 1. The van der Waals surface area contributed by atoms with E-state index in [2.05, 4.69) is 21.4 Å². The van der Waals surface area contributed by atoms with Gasteiger partial charge in [-0.15, -0.1) is 0 Å². The Hall–Kier alpha value is -4.00. The molecule has 180 valence electrons. The second kappa shape index (κ2) is 9.70. The van der Waals surface area contributed by atoms with Crippen molar-refractivity contribution >= 4 is 29.9 Å². The number of urea groups is 1. The minimum atomic E-state index is -0.426. The van der Waals surface area contributed by atoms with Crippen LogP contribution in [0.3, 0.4) is 0 Å². The highest BCUT2D eigenvalue weighted by molar-refractivity contribution is 6.01. The highest BCUT2D eigenvalue weighted by Crippen LogP contribution is 2.31. The number of carbonyl (C=O) groups excluding carboxylic acids is 3. The first-order valence-corrected chi connectivity index (χ1v) is 12.0. The smallest absolute Gasteiger partial charge is 0.328 e. The molecule has 0 spiro atoms. The van der Waals surface area contributed by atoms with Crippen LogP contribution in [-0.4, -0.2) is 52.3 Å². The van der Waals surface area contributed by atoms with Gasteiger partial charge in [0, 0.05) is 37.7 Å². The third-order valence-electron chi connectivity index (χ3n) is 6.73. The Kier molecular flexibility index (Phi) is 6.31. The Morgan fingerprint density at radius 1 is 1.23 bits per heavy atom. The molecular weight excluding hydrogens is 448 g/mol. The largest absolute Gasteiger partial charge is 0.489 e. The average Bonchev–Trinajstić information content (AvgIpc) is 3.24. The van der Waals surface area contributed by atoms with Crippen molar-refractivity contribution in [3.63, 3.8) is 0 Å². The fourth-order valence-electron chi connectivity index (χ4n) is 4.59. The number of nitriles is 1. The van der Waals surface area contributed by atoms with Gasteiger partial charge in [-0.05, 0) is 50.2 Å². The molecule has 0 unspecified atom stereocenters. The Morgan fingerprint density at radius 2 is 2.06 bits per heavy atom. The summed E-state index contributed by atoms with van der Waals surface area (Å²) < 4.78 is 5.90. The molecule has 2 aliphatic heterocycles. The molecule has 35 heavy (non-hydrogen) atoms. The molecule has 1 N–H and O–H groups in total. The van der Waals surface area contributed by atoms with Crippen molar-refractivity contribution < 1.29 is 19.1 Å². The standard InChI is InChI=1S/C25H26N6O4/c26-12-18-13-27-22(11-21(18)35-19-5-1-6-19)29-25(34)31-9-2-4-16-10-17(20(15-32)28-24(16)31)14-30-8-3-7-23(30)33/h10-11,13,15,19H,1-9,14H2,(H,27,29,34). The SMILES string of the molecule is N#Cc1cnc(NC(=O)N2CCCc3cc(CN4CCCC4=O)c(C=O)nc32)cc1OC1CCC1. The van der Waals surface area contributed by atoms with Gasteiger partial charge in [0.25, 0.3) is 0 Å². The quantitative estimate of drug-likeness (QED) is 0.637. The van der Waals surface area contributed by atoms with E-state index in [0.717, 1.165) is 44.1 Å². The monoisotopic (exact) mass is 474 g/mol. The molecule has 2 fully saturated rings. The van der Waals surface area contributed by atoms with Gasteiger partial charge in [-0.2, -0.15) is 5.26 Å². The third-order valence-corrected chi connectivity index (χ3v) is 6.73. The van der Waals surface area contributed by atoms with Crippen LogP contribution in [0.2, 0.25) is 0 Å². The molecule has 1 saturated heterocycles. The Morgan fingerprint density at radius 3 is 2.74 bits per heavy atom. The second-order valence-corrected chi connectivity index (χ2v) is 9.09. The van der Waals surface area contributed by atoms with Crippen molar-refractivity contribution in [1.82, 2.24) is 14.9 Å². The van der Waals surface area contributed by atoms with E-state index in [1.807, 2.05) is 6.07 Å². The van der Waals surface area contributed by atoms with Crippen molar-refractivity contribution in [2.45, 2.75) is 57.6 Å². The third kappa shape index (κ3) is 4.67. The fourth-order valence-corrected chi connectivity index (χ4v) is 4.59. The topological polar surface area (TPSA) is 129 Å². The van der Waals surface area contributed by atoms with Crippen LogP contribution in [0.15, 0.2) is 18.3 Å². The van der Waals surface area contributed by atoms with Crippen LogP contribution >= 0.6 is 0 Å². The molecule has 10 heteroatoms. The molecule has 2 aromatic heterocycles. The number of aromatic nitrogens is 2. The van der Waals surface area contributed by atoms with Gasteiger partial charge in [-0.1, -0.05) is 0 Å². The summed E-state index contributed by atoms with van der Waals surface area (Å²) in [7, 11) is 0. The van der Waals surface area contributed by atoms with E-state index in [1.54, 1.807) is 11.0 Å². The van der Waals surface area contributed by atoms with Gasteiger partial charge in [0.15, 0.2) is 6.29 Å². The summed E-state index contributed by atoms with van der Waals surface area (Å²) in [6.07, 6.45) is 7.94. The van der Waals surface area contributed by atoms with E-state index < -0.39 is 6.03 Å². The van der Waals surface area contributed by atoms with Crippen molar-refractivity contribution in [2.24, 2.45) is 0 Å². The first-order chi connectivity index (χ1) is 17.1. The minimum absolute atomic E-state index is 0.0798. The number of nitrogens with zero attached hydrogens (tertiary/aromatic N) is 5. The maximum atomic E-state index is 13.2. The number of ether oxygens (including phenoxy) is 1. The van der Waals surface area contributed by atoms with E-state index >= 15 is 0 Å². The van der Waals surface area contributed by atoms with Gasteiger partial charge in [-0.3, -0.25) is 19.8 Å². The molecule has 2 aromatic rings. The van der Waals surface area contributed by atoms with Crippen LogP contribution in [0, 0.1) is 11.3 Å². The first-order valence-electron chi connectivity index (χ1n) is 12.0. The number of rotatable bonds is 6. The second-order valence-electron chi connectivity index (χ2n) is 9.09. The highest BCUT2D eigenvalue weighted by Gasteiger charge is 2.28. The van der Waals surface area contributed by atoms with E-state index in [0.29, 0.717) is 55.0 Å². The van der Waals surface area contributed by atoms with Gasteiger partial charge >= 0.3 is 6.03 Å². The summed E-state index contributed by atoms with van der Waals surface area (Å²) in [6, 6.07) is 5.11. The number of aryl methyl sites for hydroxylation is 1. The lowest BCUT2D eigenvalue weighted by Gasteiger charge is -2.30. The number of anilines is 2. The number of fused-ring (bicyclic) bond motifs is 1. The summed E-state index contributed by atoms with van der Waals surface area (Å²) in [4.78, 5) is 49.0. The molecule has 3 aliphatic rings. The number of amides is 3. The number of hydrogen-bond donors (Lipinski definition) is 1. The van der Waals surface area contributed by atoms with Gasteiger partial charge in [-0.25, -0.2) is 14.8 Å². The van der Waals surface area contributed by atoms with Crippen molar-refractivity contribution in [3.8, 4) is 11.8 Å². The predicted octanol–water partition coefficient (Wildman–Crippen LogP) is 3.20. The fraction of sp³-hybridized carbons (Fsp3) is 0.440. The summed E-state index contributed by atoms with van der Waals surface area (Å²) in [6.45, 7) is 1.46. The van der Waals surface area contributed by atoms with Crippen LogP contribution in [0.5, 0.6) is 5.75 Å². The first kappa shape index (κ1) is 22.8. The van der Waals surface area contributed by atoms with Crippen LogP contribution < -0.4 is 15.0 Å². The number of hydrogen-bond acceptors (Lipinski definition) is 7. The highest BCUT2D eigenvalue weighted by atomic mass is 16.5. The number of nitrogens with one attached hydrogen (secondary N) is 1. The zero-order chi connectivity index (χ0) is 24.4. The zero-order valence-electron chi connectivity index (χ0n) is 19.3. The Balaban J connectivity index is 1.36. The van der Waals surface area contributed by atoms with Gasteiger partial charge in [0.1, 0.15) is 34.7 Å². The molecule has 1 saturated carbocycles. The lowest BCUT2D eigenvalue weighted by molar-refractivity contribution is -0.128. The van der Waals surface area contributed by atoms with Gasteiger partial charge in [0.05, 0.1) is 12.3 Å². The molecule has 0 radical (unpaired) electrons. The molecule has 0 bridgehead atoms. The zero-order valence-corrected chi connectivity index (χ0v) is 19.3. The van der Waals surface area contributed by atoms with Gasteiger partial charge < -0.3 is 9.64 Å². The molecule has 3 amide bonds. The van der Waals surface area contributed by atoms with Crippen molar-refractivity contribution in [3.05, 3.63) is 40.7 Å². The molecule has 4 heterocycles. The Bertz CT molecular complexity index is 1220. The van der Waals surface area contributed by atoms with Gasteiger partial charge in [0.2, 0.25) is 5.91 Å². The van der Waals surface area contributed by atoms with Crippen LogP contribution in [0.25, 0.3) is 0 Å². The van der Waals surface area contributed by atoms with E-state index in [-0.39, 0.29) is 23.5 Å².